The summed E-state index contributed by atoms with van der Waals surface area (Å²) in [5, 5.41) is 6.51. The van der Waals surface area contributed by atoms with Gasteiger partial charge in [0, 0.05) is 26.1 Å². The van der Waals surface area contributed by atoms with E-state index < -0.39 is 0 Å². The van der Waals surface area contributed by atoms with E-state index in [2.05, 4.69) is 10.6 Å². The van der Waals surface area contributed by atoms with Crippen molar-refractivity contribution in [2.45, 2.75) is 37.8 Å². The van der Waals surface area contributed by atoms with E-state index >= 15 is 0 Å². The Morgan fingerprint density at radius 1 is 1.26 bits per heavy atom. The van der Waals surface area contributed by atoms with Gasteiger partial charge in [0.05, 0.1) is 12.0 Å². The molecule has 2 unspecified atom stereocenters. The zero-order valence-electron chi connectivity index (χ0n) is 13.6. The largest absolute Gasteiger partial charge is 0.352 e. The molecule has 3 rings (SSSR count). The van der Waals surface area contributed by atoms with Gasteiger partial charge in [-0.05, 0) is 31.4 Å². The molecule has 23 heavy (non-hydrogen) atoms. The number of rotatable bonds is 3. The predicted molar refractivity (Wildman–Crippen MR) is 88.7 cm³/mol. The lowest BCUT2D eigenvalue weighted by atomic mass is 9.83. The highest BCUT2D eigenvalue weighted by atomic mass is 16.2. The molecule has 2 N–H and O–H groups in total. The maximum absolute atomic E-state index is 12.8. The van der Waals surface area contributed by atoms with Crippen LogP contribution >= 0.6 is 0 Å². The van der Waals surface area contributed by atoms with Crippen LogP contribution in [0.4, 0.5) is 0 Å². The van der Waals surface area contributed by atoms with E-state index in [0.29, 0.717) is 12.8 Å². The number of hydrogen-bond acceptors (Lipinski definition) is 3. The first-order valence-electron chi connectivity index (χ1n) is 8.48. The SMILES string of the molecule is CN1C(=O)CCC(C(=O)N[C@H]2CCCNC2)C1c1ccccc1. The number of nitrogens with zero attached hydrogens (tertiary/aromatic N) is 1. The van der Waals surface area contributed by atoms with Crippen molar-refractivity contribution in [2.24, 2.45) is 5.92 Å². The molecule has 2 aliphatic rings. The third kappa shape index (κ3) is 3.55. The van der Waals surface area contributed by atoms with Crippen molar-refractivity contribution >= 4 is 11.8 Å². The van der Waals surface area contributed by atoms with E-state index in [1.165, 1.54) is 0 Å². The molecule has 0 aromatic heterocycles. The second-order valence-electron chi connectivity index (χ2n) is 6.56. The Bertz CT molecular complexity index is 555. The van der Waals surface area contributed by atoms with Crippen LogP contribution in [0.1, 0.15) is 37.3 Å². The van der Waals surface area contributed by atoms with Crippen LogP contribution in [0.3, 0.4) is 0 Å². The Hall–Kier alpha value is -1.88. The molecule has 5 heteroatoms. The van der Waals surface area contributed by atoms with Crippen molar-refractivity contribution in [1.82, 2.24) is 15.5 Å². The normalized spacial score (nSPS) is 28.5. The van der Waals surface area contributed by atoms with Gasteiger partial charge in [-0.3, -0.25) is 9.59 Å². The summed E-state index contributed by atoms with van der Waals surface area (Å²) in [6.07, 6.45) is 3.18. The van der Waals surface area contributed by atoms with Crippen LogP contribution in [0.25, 0.3) is 0 Å². The minimum atomic E-state index is -0.179. The summed E-state index contributed by atoms with van der Waals surface area (Å²) in [7, 11) is 1.81. The van der Waals surface area contributed by atoms with Crippen LogP contribution < -0.4 is 10.6 Å². The first-order valence-corrected chi connectivity index (χ1v) is 8.48. The smallest absolute Gasteiger partial charge is 0.225 e. The highest BCUT2D eigenvalue weighted by molar-refractivity contribution is 5.85. The quantitative estimate of drug-likeness (QED) is 0.888. The molecule has 2 heterocycles. The molecule has 0 aliphatic carbocycles. The number of benzene rings is 1. The monoisotopic (exact) mass is 315 g/mol. The maximum Gasteiger partial charge on any atom is 0.225 e. The molecule has 1 aromatic rings. The molecule has 2 aliphatic heterocycles. The summed E-state index contributed by atoms with van der Waals surface area (Å²) < 4.78 is 0. The average molecular weight is 315 g/mol. The van der Waals surface area contributed by atoms with Crippen LogP contribution in [0, 0.1) is 5.92 Å². The standard InChI is InChI=1S/C18H25N3O2/c1-21-16(22)10-9-15(17(21)13-6-3-2-4-7-13)18(23)20-14-8-5-11-19-12-14/h2-4,6-7,14-15,17,19H,5,8-12H2,1H3,(H,20,23)/t14-,15?,17?/m0/s1. The molecule has 3 atom stereocenters. The van der Waals surface area contributed by atoms with Crippen molar-refractivity contribution in [2.75, 3.05) is 20.1 Å². The molecule has 2 saturated heterocycles. The fraction of sp³-hybridized carbons (Fsp3) is 0.556. The summed E-state index contributed by atoms with van der Waals surface area (Å²) in [6.45, 7) is 1.86. The van der Waals surface area contributed by atoms with Gasteiger partial charge in [-0.25, -0.2) is 0 Å². The third-order valence-corrected chi connectivity index (χ3v) is 4.98. The molecular weight excluding hydrogens is 290 g/mol. The fourth-order valence-electron chi connectivity index (χ4n) is 3.70. The topological polar surface area (TPSA) is 61.4 Å². The average Bonchev–Trinajstić information content (AvgIpc) is 2.58. The zero-order valence-corrected chi connectivity index (χ0v) is 13.6. The van der Waals surface area contributed by atoms with E-state index in [0.717, 1.165) is 31.5 Å². The number of amides is 2. The van der Waals surface area contributed by atoms with Crippen LogP contribution in [0.15, 0.2) is 30.3 Å². The van der Waals surface area contributed by atoms with Crippen molar-refractivity contribution in [3.63, 3.8) is 0 Å². The lowest BCUT2D eigenvalue weighted by Crippen LogP contribution is -2.51. The van der Waals surface area contributed by atoms with Gasteiger partial charge < -0.3 is 15.5 Å². The molecule has 1 aromatic carbocycles. The second kappa shape index (κ2) is 7.13. The molecule has 2 amide bonds. The van der Waals surface area contributed by atoms with E-state index in [-0.39, 0.29) is 29.8 Å². The van der Waals surface area contributed by atoms with Gasteiger partial charge in [0.15, 0.2) is 0 Å². The highest BCUT2D eigenvalue weighted by Crippen LogP contribution is 2.35. The molecule has 0 spiro atoms. The molecular formula is C18H25N3O2. The molecule has 0 saturated carbocycles. The minimum Gasteiger partial charge on any atom is -0.352 e. The number of piperidine rings is 2. The van der Waals surface area contributed by atoms with Gasteiger partial charge in [-0.2, -0.15) is 0 Å². The molecule has 124 valence electrons. The predicted octanol–water partition coefficient (Wildman–Crippen LogP) is 1.46. The molecule has 0 bridgehead atoms. The van der Waals surface area contributed by atoms with Gasteiger partial charge in [0.25, 0.3) is 0 Å². The lowest BCUT2D eigenvalue weighted by molar-refractivity contribution is -0.141. The highest BCUT2D eigenvalue weighted by Gasteiger charge is 2.39. The number of carbonyl (C=O) groups is 2. The van der Waals surface area contributed by atoms with E-state index in [1.54, 1.807) is 4.90 Å². The summed E-state index contributed by atoms with van der Waals surface area (Å²) in [5.41, 5.74) is 1.03. The molecule has 5 nitrogen and oxygen atoms in total. The number of nitrogens with one attached hydrogen (secondary N) is 2. The van der Waals surface area contributed by atoms with Gasteiger partial charge in [-0.1, -0.05) is 30.3 Å². The van der Waals surface area contributed by atoms with Crippen molar-refractivity contribution in [1.29, 1.82) is 0 Å². The Kier molecular flexibility index (Phi) is 4.96. The van der Waals surface area contributed by atoms with Gasteiger partial charge in [0.2, 0.25) is 11.8 Å². The Labute approximate surface area is 137 Å². The number of hydrogen-bond donors (Lipinski definition) is 2. The molecule has 0 radical (unpaired) electrons. The first-order chi connectivity index (χ1) is 11.2. The van der Waals surface area contributed by atoms with Crippen LogP contribution in [0.2, 0.25) is 0 Å². The van der Waals surface area contributed by atoms with Crippen molar-refractivity contribution in [3.8, 4) is 0 Å². The van der Waals surface area contributed by atoms with Crippen molar-refractivity contribution < 1.29 is 9.59 Å². The van der Waals surface area contributed by atoms with E-state index in [1.807, 2.05) is 37.4 Å². The first kappa shape index (κ1) is 16.0. The van der Waals surface area contributed by atoms with Crippen LogP contribution in [-0.4, -0.2) is 42.9 Å². The number of likely N-dealkylation sites (tertiary alicyclic amines) is 1. The van der Waals surface area contributed by atoms with E-state index in [9.17, 15) is 9.59 Å². The fourth-order valence-corrected chi connectivity index (χ4v) is 3.70. The van der Waals surface area contributed by atoms with Crippen LogP contribution in [-0.2, 0) is 9.59 Å². The summed E-state index contributed by atoms with van der Waals surface area (Å²) in [5.74, 6) is 0.0103. The Morgan fingerprint density at radius 2 is 2.04 bits per heavy atom. The van der Waals surface area contributed by atoms with E-state index in [4.69, 9.17) is 0 Å². The van der Waals surface area contributed by atoms with Gasteiger partial charge >= 0.3 is 0 Å². The summed E-state index contributed by atoms with van der Waals surface area (Å²) >= 11 is 0. The number of carbonyl (C=O) groups excluding carboxylic acids is 2. The second-order valence-corrected chi connectivity index (χ2v) is 6.56. The zero-order chi connectivity index (χ0) is 16.2. The Balaban J connectivity index is 1.77. The van der Waals surface area contributed by atoms with Crippen LogP contribution in [0.5, 0.6) is 0 Å². The Morgan fingerprint density at radius 3 is 2.74 bits per heavy atom. The minimum absolute atomic E-state index is 0.0758. The maximum atomic E-state index is 12.8. The lowest BCUT2D eigenvalue weighted by Gasteiger charge is -2.39. The summed E-state index contributed by atoms with van der Waals surface area (Å²) in [6, 6.07) is 9.91. The van der Waals surface area contributed by atoms with Gasteiger partial charge in [-0.15, -0.1) is 0 Å². The molecule has 2 fully saturated rings. The van der Waals surface area contributed by atoms with Gasteiger partial charge in [0.1, 0.15) is 0 Å². The summed E-state index contributed by atoms with van der Waals surface area (Å²) in [4.78, 5) is 26.7. The third-order valence-electron chi connectivity index (χ3n) is 4.98. The van der Waals surface area contributed by atoms with Crippen molar-refractivity contribution in [3.05, 3.63) is 35.9 Å².